The summed E-state index contributed by atoms with van der Waals surface area (Å²) >= 11 is 0. The van der Waals surface area contributed by atoms with Crippen LogP contribution < -0.4 is 0 Å². The molecule has 1 aromatic carbocycles. The third-order valence-electron chi connectivity index (χ3n) is 1.81. The van der Waals surface area contributed by atoms with Crippen molar-refractivity contribution in [3.8, 4) is 0 Å². The highest BCUT2D eigenvalue weighted by Gasteiger charge is 2.11. The van der Waals surface area contributed by atoms with Crippen LogP contribution in [0.25, 0.3) is 0 Å². The highest BCUT2D eigenvalue weighted by molar-refractivity contribution is 5.16. The average Bonchev–Trinajstić information content (AvgIpc) is 2.59. The van der Waals surface area contributed by atoms with Crippen molar-refractivity contribution >= 4 is 0 Å². The molecule has 2 nitrogen and oxygen atoms in total. The molecule has 0 bridgehead atoms. The largest absolute Gasteiger partial charge is 0.345 e. The van der Waals surface area contributed by atoms with Crippen LogP contribution in [0.3, 0.4) is 0 Å². The van der Waals surface area contributed by atoms with Crippen molar-refractivity contribution in [2.24, 2.45) is 0 Å². The van der Waals surface area contributed by atoms with Crippen molar-refractivity contribution in [1.82, 2.24) is 0 Å². The van der Waals surface area contributed by atoms with E-state index in [4.69, 9.17) is 4.89 Å². The summed E-state index contributed by atoms with van der Waals surface area (Å²) in [4.78, 5) is 9.59. The molecule has 0 aliphatic carbocycles. The lowest BCUT2D eigenvalue weighted by Gasteiger charge is -2.04. The summed E-state index contributed by atoms with van der Waals surface area (Å²) < 4.78 is 0. The van der Waals surface area contributed by atoms with E-state index in [-0.39, 0.29) is 6.10 Å². The lowest BCUT2D eigenvalue weighted by molar-refractivity contribution is -0.251. The van der Waals surface area contributed by atoms with Gasteiger partial charge in [0.15, 0.2) is 0 Å². The minimum absolute atomic E-state index is 0.0763. The lowest BCUT2D eigenvalue weighted by Crippen LogP contribution is -2.07. The van der Waals surface area contributed by atoms with Gasteiger partial charge in [-0.05, 0) is 11.6 Å². The van der Waals surface area contributed by atoms with Gasteiger partial charge >= 0.3 is 0 Å². The molecule has 0 saturated carbocycles. The van der Waals surface area contributed by atoms with Crippen molar-refractivity contribution in [2.45, 2.75) is 12.5 Å². The van der Waals surface area contributed by atoms with Gasteiger partial charge in [0, 0.05) is 6.42 Å². The van der Waals surface area contributed by atoms with Gasteiger partial charge in [0.05, 0.1) is 0 Å². The fraction of sp³-hybridized carbons (Fsp3) is 0.200. The summed E-state index contributed by atoms with van der Waals surface area (Å²) in [7, 11) is 0. The number of hydrogen-bond acceptors (Lipinski definition) is 2. The van der Waals surface area contributed by atoms with E-state index in [0.29, 0.717) is 0 Å². The van der Waals surface area contributed by atoms with Crippen molar-refractivity contribution in [3.05, 3.63) is 48.2 Å². The van der Waals surface area contributed by atoms with E-state index in [1.165, 1.54) is 5.56 Å². The summed E-state index contributed by atoms with van der Waals surface area (Å²) in [6.45, 7) is 0. The summed E-state index contributed by atoms with van der Waals surface area (Å²) in [6, 6.07) is 10.2. The summed E-state index contributed by atoms with van der Waals surface area (Å²) in [5.41, 5.74) is 1.26. The van der Waals surface area contributed by atoms with Crippen molar-refractivity contribution in [1.29, 1.82) is 0 Å². The first kappa shape index (κ1) is 7.37. The summed E-state index contributed by atoms with van der Waals surface area (Å²) in [5, 5.41) is 0. The van der Waals surface area contributed by atoms with Gasteiger partial charge in [-0.2, -0.15) is 4.89 Å². The monoisotopic (exact) mass is 162 g/mol. The second-order valence-electron chi connectivity index (χ2n) is 2.75. The fourth-order valence-electron chi connectivity index (χ4n) is 1.20. The Balaban J connectivity index is 1.99. The van der Waals surface area contributed by atoms with Crippen LogP contribution in [0.15, 0.2) is 42.7 Å². The van der Waals surface area contributed by atoms with Crippen LogP contribution in [0.2, 0.25) is 0 Å². The normalized spacial score (nSPS) is 20.8. The van der Waals surface area contributed by atoms with Gasteiger partial charge in [-0.3, -0.25) is 0 Å². The van der Waals surface area contributed by atoms with E-state index in [1.54, 1.807) is 6.26 Å². The van der Waals surface area contributed by atoms with Crippen LogP contribution in [-0.4, -0.2) is 6.10 Å². The molecule has 0 N–H and O–H groups in total. The van der Waals surface area contributed by atoms with Crippen molar-refractivity contribution in [2.75, 3.05) is 0 Å². The maximum Gasteiger partial charge on any atom is 0.130 e. The predicted molar refractivity (Wildman–Crippen MR) is 45.2 cm³/mol. The topological polar surface area (TPSA) is 18.5 Å². The van der Waals surface area contributed by atoms with E-state index < -0.39 is 0 Å². The molecule has 2 rings (SSSR count). The molecule has 1 aliphatic heterocycles. The lowest BCUT2D eigenvalue weighted by atomic mass is 10.1. The van der Waals surface area contributed by atoms with Gasteiger partial charge < -0.3 is 4.89 Å². The molecule has 1 heterocycles. The molecule has 1 unspecified atom stereocenters. The molecule has 1 aliphatic rings. The van der Waals surface area contributed by atoms with E-state index in [1.807, 2.05) is 24.3 Å². The zero-order chi connectivity index (χ0) is 8.23. The molecule has 1 aromatic rings. The molecule has 2 heteroatoms. The zero-order valence-corrected chi connectivity index (χ0v) is 6.64. The van der Waals surface area contributed by atoms with Crippen LogP contribution in [0, 0.1) is 0 Å². The van der Waals surface area contributed by atoms with Gasteiger partial charge in [0.1, 0.15) is 12.4 Å². The molecule has 0 spiro atoms. The average molecular weight is 162 g/mol. The molecule has 0 amide bonds. The molecular weight excluding hydrogens is 152 g/mol. The standard InChI is InChI=1S/C10H10O2/c1-2-4-9(5-3-1)8-10-6-7-11-12-10/h1-7,10H,8H2. The highest BCUT2D eigenvalue weighted by Crippen LogP contribution is 2.11. The Morgan fingerprint density at radius 2 is 2.00 bits per heavy atom. The predicted octanol–water partition coefficient (Wildman–Crippen LogP) is 2.07. The Hall–Kier alpha value is -1.28. The molecule has 62 valence electrons. The van der Waals surface area contributed by atoms with E-state index in [2.05, 4.69) is 17.0 Å². The fourth-order valence-corrected chi connectivity index (χ4v) is 1.20. The first-order valence-corrected chi connectivity index (χ1v) is 3.98. The number of benzene rings is 1. The smallest absolute Gasteiger partial charge is 0.130 e. The van der Waals surface area contributed by atoms with Gasteiger partial charge in [0.2, 0.25) is 0 Å². The second-order valence-corrected chi connectivity index (χ2v) is 2.75. The maximum absolute atomic E-state index is 4.95. The van der Waals surface area contributed by atoms with Crippen LogP contribution in [0.1, 0.15) is 5.56 Å². The Bertz CT molecular complexity index is 266. The highest BCUT2D eigenvalue weighted by atomic mass is 17.2. The number of hydrogen-bond donors (Lipinski definition) is 0. The van der Waals surface area contributed by atoms with E-state index >= 15 is 0 Å². The SMILES string of the molecule is C1=CC(Cc2ccccc2)OO1. The Morgan fingerprint density at radius 1 is 1.17 bits per heavy atom. The number of rotatable bonds is 2. The summed E-state index contributed by atoms with van der Waals surface area (Å²) in [6.07, 6.45) is 4.44. The van der Waals surface area contributed by atoms with E-state index in [9.17, 15) is 0 Å². The molecule has 0 radical (unpaired) electrons. The van der Waals surface area contributed by atoms with Gasteiger partial charge in [-0.15, -0.1) is 0 Å². The molecule has 0 aromatic heterocycles. The van der Waals surface area contributed by atoms with Gasteiger partial charge in [-0.25, -0.2) is 0 Å². The Kier molecular flexibility index (Phi) is 2.10. The van der Waals surface area contributed by atoms with Crippen molar-refractivity contribution in [3.63, 3.8) is 0 Å². The minimum atomic E-state index is 0.0763. The van der Waals surface area contributed by atoms with Gasteiger partial charge in [-0.1, -0.05) is 30.3 Å². The Labute approximate surface area is 71.4 Å². The molecule has 12 heavy (non-hydrogen) atoms. The zero-order valence-electron chi connectivity index (χ0n) is 6.64. The minimum Gasteiger partial charge on any atom is -0.345 e. The molecular formula is C10H10O2. The van der Waals surface area contributed by atoms with Crippen LogP contribution >= 0.6 is 0 Å². The van der Waals surface area contributed by atoms with Crippen molar-refractivity contribution < 1.29 is 9.78 Å². The molecule has 0 saturated heterocycles. The van der Waals surface area contributed by atoms with Crippen LogP contribution in [0.5, 0.6) is 0 Å². The first-order chi connectivity index (χ1) is 5.95. The quantitative estimate of drug-likeness (QED) is 0.620. The maximum atomic E-state index is 4.95. The van der Waals surface area contributed by atoms with Gasteiger partial charge in [0.25, 0.3) is 0 Å². The summed E-state index contributed by atoms with van der Waals surface area (Å²) in [5.74, 6) is 0. The van der Waals surface area contributed by atoms with Crippen LogP contribution in [0.4, 0.5) is 0 Å². The van der Waals surface area contributed by atoms with E-state index in [0.717, 1.165) is 6.42 Å². The molecule has 0 fully saturated rings. The molecule has 1 atom stereocenters. The first-order valence-electron chi connectivity index (χ1n) is 3.98. The van der Waals surface area contributed by atoms with Crippen LogP contribution in [-0.2, 0) is 16.2 Å². The third-order valence-corrected chi connectivity index (χ3v) is 1.81. The Morgan fingerprint density at radius 3 is 2.67 bits per heavy atom. The third kappa shape index (κ3) is 1.66. The second kappa shape index (κ2) is 3.41.